The summed E-state index contributed by atoms with van der Waals surface area (Å²) in [5.74, 6) is 0.858. The van der Waals surface area contributed by atoms with Gasteiger partial charge in [0.15, 0.2) is 0 Å². The minimum Gasteiger partial charge on any atom is -0.494 e. The van der Waals surface area contributed by atoms with Gasteiger partial charge in [-0.15, -0.1) is 0 Å². The molecule has 0 unspecified atom stereocenters. The number of carbonyl (C=O) groups excluding carboxylic acids is 1. The third-order valence-electron chi connectivity index (χ3n) is 5.12. The summed E-state index contributed by atoms with van der Waals surface area (Å²) in [5.41, 5.74) is 5.16. The van der Waals surface area contributed by atoms with E-state index in [9.17, 15) is 4.79 Å². The number of fused-ring (bicyclic) bond motifs is 1. The van der Waals surface area contributed by atoms with Gasteiger partial charge in [0.1, 0.15) is 11.3 Å². The predicted octanol–water partition coefficient (Wildman–Crippen LogP) is 3.18. The van der Waals surface area contributed by atoms with Crippen LogP contribution in [0.1, 0.15) is 28.9 Å². The van der Waals surface area contributed by atoms with E-state index in [0.29, 0.717) is 19.4 Å². The van der Waals surface area contributed by atoms with Crippen molar-refractivity contribution < 1.29 is 9.53 Å². The second-order valence-corrected chi connectivity index (χ2v) is 6.85. The molecule has 0 spiro atoms. The molecular formula is C21H26N4O2. The van der Waals surface area contributed by atoms with Gasteiger partial charge in [-0.2, -0.15) is 5.10 Å². The number of pyridine rings is 1. The van der Waals surface area contributed by atoms with Gasteiger partial charge in [0.25, 0.3) is 0 Å². The highest BCUT2D eigenvalue weighted by atomic mass is 16.5. The molecule has 0 saturated carbocycles. The molecule has 2 heterocycles. The summed E-state index contributed by atoms with van der Waals surface area (Å²) in [7, 11) is 5.42. The number of ether oxygens (including phenoxy) is 1. The Balaban J connectivity index is 1.72. The third-order valence-corrected chi connectivity index (χ3v) is 5.12. The fourth-order valence-electron chi connectivity index (χ4n) is 3.45. The predicted molar refractivity (Wildman–Crippen MR) is 106 cm³/mol. The first kappa shape index (κ1) is 18.9. The van der Waals surface area contributed by atoms with Crippen molar-refractivity contribution in [3.05, 3.63) is 53.0 Å². The van der Waals surface area contributed by atoms with Crippen molar-refractivity contribution in [2.75, 3.05) is 14.2 Å². The third kappa shape index (κ3) is 3.79. The second kappa shape index (κ2) is 7.78. The lowest BCUT2D eigenvalue weighted by Crippen LogP contribution is -2.26. The summed E-state index contributed by atoms with van der Waals surface area (Å²) in [4.78, 5) is 18.9. The van der Waals surface area contributed by atoms with Crippen molar-refractivity contribution in [3.63, 3.8) is 0 Å². The van der Waals surface area contributed by atoms with Crippen LogP contribution in [-0.2, 0) is 24.8 Å². The Kier molecular flexibility index (Phi) is 5.44. The Morgan fingerprint density at radius 1 is 1.26 bits per heavy atom. The Morgan fingerprint density at radius 2 is 2.04 bits per heavy atom. The summed E-state index contributed by atoms with van der Waals surface area (Å²) >= 11 is 0. The van der Waals surface area contributed by atoms with Crippen LogP contribution >= 0.6 is 0 Å². The topological polar surface area (TPSA) is 60.2 Å². The van der Waals surface area contributed by atoms with Gasteiger partial charge in [0.05, 0.1) is 12.8 Å². The van der Waals surface area contributed by atoms with Crippen molar-refractivity contribution in [1.82, 2.24) is 19.7 Å². The molecular weight excluding hydrogens is 340 g/mol. The SMILES string of the molecule is COc1ccc(CN(C)C(=O)CCc2c(C)nn(C)c2C)c2cccnc12. The Bertz CT molecular complexity index is 978. The maximum absolute atomic E-state index is 12.7. The number of rotatable bonds is 6. The van der Waals surface area contributed by atoms with Crippen LogP contribution in [-0.4, -0.2) is 39.7 Å². The van der Waals surface area contributed by atoms with Crippen molar-refractivity contribution in [2.45, 2.75) is 33.2 Å². The molecule has 6 nitrogen and oxygen atoms in total. The zero-order valence-corrected chi connectivity index (χ0v) is 16.6. The first-order valence-corrected chi connectivity index (χ1v) is 9.06. The van der Waals surface area contributed by atoms with E-state index in [4.69, 9.17) is 4.74 Å². The zero-order valence-electron chi connectivity index (χ0n) is 16.6. The minimum absolute atomic E-state index is 0.116. The average molecular weight is 366 g/mol. The molecule has 0 atom stereocenters. The van der Waals surface area contributed by atoms with E-state index >= 15 is 0 Å². The van der Waals surface area contributed by atoms with E-state index in [2.05, 4.69) is 10.1 Å². The molecule has 0 aliphatic rings. The number of aryl methyl sites for hydroxylation is 2. The molecule has 142 valence electrons. The van der Waals surface area contributed by atoms with Crippen molar-refractivity contribution >= 4 is 16.8 Å². The number of benzene rings is 1. The van der Waals surface area contributed by atoms with Crippen LogP contribution in [0.4, 0.5) is 0 Å². The van der Waals surface area contributed by atoms with Crippen LogP contribution in [0.2, 0.25) is 0 Å². The van der Waals surface area contributed by atoms with E-state index in [1.165, 1.54) is 5.56 Å². The van der Waals surface area contributed by atoms with E-state index in [-0.39, 0.29) is 5.91 Å². The number of nitrogens with zero attached hydrogens (tertiary/aromatic N) is 4. The van der Waals surface area contributed by atoms with E-state index in [0.717, 1.165) is 33.6 Å². The number of hydrogen-bond acceptors (Lipinski definition) is 4. The molecule has 27 heavy (non-hydrogen) atoms. The van der Waals surface area contributed by atoms with E-state index < -0.39 is 0 Å². The molecule has 0 aliphatic heterocycles. The maximum Gasteiger partial charge on any atom is 0.222 e. The highest BCUT2D eigenvalue weighted by Gasteiger charge is 2.16. The molecule has 6 heteroatoms. The Morgan fingerprint density at radius 3 is 2.70 bits per heavy atom. The molecule has 0 bridgehead atoms. The van der Waals surface area contributed by atoms with Crippen LogP contribution in [0, 0.1) is 13.8 Å². The summed E-state index contributed by atoms with van der Waals surface area (Å²) in [6.07, 6.45) is 2.93. The monoisotopic (exact) mass is 366 g/mol. The number of carbonyl (C=O) groups is 1. The number of methoxy groups -OCH3 is 1. The molecule has 0 aliphatic carbocycles. The summed E-state index contributed by atoms with van der Waals surface area (Å²) < 4.78 is 7.27. The van der Waals surface area contributed by atoms with E-state index in [1.807, 2.05) is 56.9 Å². The van der Waals surface area contributed by atoms with Gasteiger partial charge in [-0.25, -0.2) is 0 Å². The lowest BCUT2D eigenvalue weighted by Gasteiger charge is -2.19. The molecule has 2 aromatic heterocycles. The molecule has 3 aromatic rings. The standard InChI is InChI=1S/C21H26N4O2/c1-14-17(15(2)25(4)23-14)9-11-20(26)24(3)13-16-8-10-19(27-5)21-18(16)7-6-12-22-21/h6-8,10,12H,9,11,13H2,1-5H3. The molecule has 0 N–H and O–H groups in total. The summed E-state index contributed by atoms with van der Waals surface area (Å²) in [5, 5.41) is 5.43. The van der Waals surface area contributed by atoms with Crippen LogP contribution in [0.5, 0.6) is 5.75 Å². The van der Waals surface area contributed by atoms with Crippen LogP contribution < -0.4 is 4.74 Å². The van der Waals surface area contributed by atoms with Crippen LogP contribution in [0.25, 0.3) is 10.9 Å². The summed E-state index contributed by atoms with van der Waals surface area (Å²) in [6, 6.07) is 7.83. The highest BCUT2D eigenvalue weighted by molar-refractivity contribution is 5.88. The first-order chi connectivity index (χ1) is 12.9. The van der Waals surface area contributed by atoms with Gasteiger partial charge in [-0.3, -0.25) is 14.5 Å². The fraction of sp³-hybridized carbons (Fsp3) is 0.381. The molecule has 3 rings (SSSR count). The molecule has 1 aromatic carbocycles. The highest BCUT2D eigenvalue weighted by Crippen LogP contribution is 2.27. The van der Waals surface area contributed by atoms with E-state index in [1.54, 1.807) is 18.2 Å². The molecule has 0 fully saturated rings. The summed E-state index contributed by atoms with van der Waals surface area (Å²) in [6.45, 7) is 4.57. The van der Waals surface area contributed by atoms with Gasteiger partial charge >= 0.3 is 0 Å². The van der Waals surface area contributed by atoms with Gasteiger partial charge < -0.3 is 9.64 Å². The van der Waals surface area contributed by atoms with Crippen molar-refractivity contribution in [1.29, 1.82) is 0 Å². The number of aromatic nitrogens is 3. The van der Waals surface area contributed by atoms with Crippen molar-refractivity contribution in [2.24, 2.45) is 7.05 Å². The number of hydrogen-bond donors (Lipinski definition) is 0. The molecule has 0 saturated heterocycles. The van der Waals surface area contributed by atoms with Crippen molar-refractivity contribution in [3.8, 4) is 5.75 Å². The maximum atomic E-state index is 12.7. The van der Waals surface area contributed by atoms with Crippen LogP contribution in [0.3, 0.4) is 0 Å². The van der Waals surface area contributed by atoms with Gasteiger partial charge in [-0.05, 0) is 43.5 Å². The molecule has 0 radical (unpaired) electrons. The van der Waals surface area contributed by atoms with Gasteiger partial charge in [0, 0.05) is 44.3 Å². The first-order valence-electron chi connectivity index (χ1n) is 9.06. The van der Waals surface area contributed by atoms with Gasteiger partial charge in [0.2, 0.25) is 5.91 Å². The average Bonchev–Trinajstić information content (AvgIpc) is 2.91. The minimum atomic E-state index is 0.116. The fourth-order valence-corrected chi connectivity index (χ4v) is 3.45. The number of amides is 1. The normalized spacial score (nSPS) is 11.0. The molecule has 1 amide bonds. The van der Waals surface area contributed by atoms with Gasteiger partial charge in [-0.1, -0.05) is 12.1 Å². The smallest absolute Gasteiger partial charge is 0.222 e. The van der Waals surface area contributed by atoms with Crippen LogP contribution in [0.15, 0.2) is 30.5 Å². The lowest BCUT2D eigenvalue weighted by molar-refractivity contribution is -0.130. The quantitative estimate of drug-likeness (QED) is 0.672. The Labute approximate surface area is 159 Å². The Hall–Kier alpha value is -2.89. The second-order valence-electron chi connectivity index (χ2n) is 6.85. The largest absolute Gasteiger partial charge is 0.494 e. The lowest BCUT2D eigenvalue weighted by atomic mass is 10.1. The zero-order chi connectivity index (χ0) is 19.6.